The predicted octanol–water partition coefficient (Wildman–Crippen LogP) is 5.37. The van der Waals surface area contributed by atoms with E-state index in [1.54, 1.807) is 0 Å². The summed E-state index contributed by atoms with van der Waals surface area (Å²) in [6, 6.07) is 15.1. The van der Waals surface area contributed by atoms with Crippen LogP contribution in [0.5, 0.6) is 0 Å². The van der Waals surface area contributed by atoms with Crippen LogP contribution in [-0.4, -0.2) is 0 Å². The van der Waals surface area contributed by atoms with Crippen LogP contribution in [0, 0.1) is 6.92 Å². The number of fused-ring (bicyclic) bond motifs is 3. The molecule has 0 N–H and O–H groups in total. The molecular formula is C19H16O. The average molecular weight is 260 g/mol. The fourth-order valence-corrected chi connectivity index (χ4v) is 2.96. The molecule has 3 aromatic rings. The molecule has 4 rings (SSSR count). The van der Waals surface area contributed by atoms with Crippen molar-refractivity contribution in [1.29, 1.82) is 0 Å². The Morgan fingerprint density at radius 2 is 1.90 bits per heavy atom. The number of allylic oxidation sites excluding steroid dienone is 1. The Balaban J connectivity index is 1.93. The Morgan fingerprint density at radius 3 is 2.80 bits per heavy atom. The largest absolute Gasteiger partial charge is 0.460 e. The second-order valence-corrected chi connectivity index (χ2v) is 5.46. The van der Waals surface area contributed by atoms with Crippen LogP contribution in [0.3, 0.4) is 0 Å². The van der Waals surface area contributed by atoms with E-state index in [-0.39, 0.29) is 0 Å². The van der Waals surface area contributed by atoms with E-state index in [4.69, 9.17) is 4.42 Å². The van der Waals surface area contributed by atoms with Crippen molar-refractivity contribution < 1.29 is 4.42 Å². The first-order chi connectivity index (χ1) is 9.81. The number of hydrogen-bond donors (Lipinski definition) is 0. The first-order valence-electron chi connectivity index (χ1n) is 7.10. The first-order valence-corrected chi connectivity index (χ1v) is 7.10. The second-order valence-electron chi connectivity index (χ2n) is 5.46. The van der Waals surface area contributed by atoms with E-state index in [1.165, 1.54) is 27.6 Å². The summed E-state index contributed by atoms with van der Waals surface area (Å²) in [4.78, 5) is 0. The van der Waals surface area contributed by atoms with E-state index in [0.29, 0.717) is 0 Å². The van der Waals surface area contributed by atoms with Crippen molar-refractivity contribution in [1.82, 2.24) is 0 Å². The van der Waals surface area contributed by atoms with Crippen LogP contribution in [0.15, 0.2) is 53.0 Å². The molecule has 0 fully saturated rings. The lowest BCUT2D eigenvalue weighted by molar-refractivity contribution is 0.546. The molecule has 1 aliphatic rings. The van der Waals surface area contributed by atoms with Gasteiger partial charge in [0.25, 0.3) is 0 Å². The molecule has 1 aromatic heterocycles. The topological polar surface area (TPSA) is 13.1 Å². The van der Waals surface area contributed by atoms with Gasteiger partial charge in [0, 0.05) is 17.4 Å². The molecule has 1 heterocycles. The maximum Gasteiger partial charge on any atom is 0.134 e. The molecule has 1 nitrogen and oxygen atoms in total. The highest BCUT2D eigenvalue weighted by atomic mass is 16.3. The summed E-state index contributed by atoms with van der Waals surface area (Å²) in [5.74, 6) is 1.13. The summed E-state index contributed by atoms with van der Waals surface area (Å²) < 4.78 is 5.95. The quantitative estimate of drug-likeness (QED) is 0.573. The minimum atomic E-state index is 0.998. The number of rotatable bonds is 1. The first kappa shape index (κ1) is 11.5. The summed E-state index contributed by atoms with van der Waals surface area (Å²) in [5.41, 5.74) is 6.07. The summed E-state index contributed by atoms with van der Waals surface area (Å²) in [6.07, 6.45) is 6.53. The molecule has 0 saturated carbocycles. The van der Waals surface area contributed by atoms with Crippen LogP contribution in [0.4, 0.5) is 0 Å². The van der Waals surface area contributed by atoms with Gasteiger partial charge in [0.05, 0.1) is 0 Å². The van der Waals surface area contributed by atoms with Gasteiger partial charge in [0.1, 0.15) is 11.3 Å². The van der Waals surface area contributed by atoms with E-state index < -0.39 is 0 Å². The maximum absolute atomic E-state index is 5.95. The Kier molecular flexibility index (Phi) is 2.53. The molecular weight excluding hydrogens is 244 g/mol. The smallest absolute Gasteiger partial charge is 0.134 e. The molecule has 0 unspecified atom stereocenters. The lowest BCUT2D eigenvalue weighted by Gasteiger charge is -2.04. The van der Waals surface area contributed by atoms with Crippen LogP contribution in [0.1, 0.15) is 23.3 Å². The minimum Gasteiger partial charge on any atom is -0.460 e. The molecule has 1 heteroatoms. The van der Waals surface area contributed by atoms with Gasteiger partial charge in [-0.3, -0.25) is 0 Å². The van der Waals surface area contributed by atoms with Crippen molar-refractivity contribution in [3.05, 3.63) is 65.4 Å². The van der Waals surface area contributed by atoms with Crippen molar-refractivity contribution in [2.24, 2.45) is 0 Å². The summed E-state index contributed by atoms with van der Waals surface area (Å²) in [7, 11) is 0. The van der Waals surface area contributed by atoms with Gasteiger partial charge >= 0.3 is 0 Å². The summed E-state index contributed by atoms with van der Waals surface area (Å²) in [5, 5.41) is 1.23. The number of benzene rings is 2. The fraction of sp³-hybridized carbons (Fsp3) is 0.158. The monoisotopic (exact) mass is 260 g/mol. The van der Waals surface area contributed by atoms with Crippen molar-refractivity contribution in [3.63, 3.8) is 0 Å². The van der Waals surface area contributed by atoms with Gasteiger partial charge in [-0.2, -0.15) is 0 Å². The van der Waals surface area contributed by atoms with E-state index in [1.807, 2.05) is 0 Å². The Bertz CT molecular complexity index is 821. The van der Waals surface area contributed by atoms with Crippen molar-refractivity contribution in [2.75, 3.05) is 0 Å². The molecule has 0 amide bonds. The third-order valence-electron chi connectivity index (χ3n) is 3.98. The van der Waals surface area contributed by atoms with E-state index >= 15 is 0 Å². The van der Waals surface area contributed by atoms with Gasteiger partial charge in [-0.15, -0.1) is 0 Å². The lowest BCUT2D eigenvalue weighted by Crippen LogP contribution is -1.88. The van der Waals surface area contributed by atoms with E-state index in [2.05, 4.69) is 61.5 Å². The zero-order valence-corrected chi connectivity index (χ0v) is 11.5. The Hall–Kier alpha value is -2.28. The van der Waals surface area contributed by atoms with Gasteiger partial charge < -0.3 is 4.42 Å². The molecule has 2 aromatic carbocycles. The highest BCUT2D eigenvalue weighted by Crippen LogP contribution is 2.34. The van der Waals surface area contributed by atoms with Crippen molar-refractivity contribution >= 4 is 17.0 Å². The summed E-state index contributed by atoms with van der Waals surface area (Å²) >= 11 is 0. The minimum absolute atomic E-state index is 0.998. The second kappa shape index (κ2) is 4.38. The highest BCUT2D eigenvalue weighted by Gasteiger charge is 2.14. The van der Waals surface area contributed by atoms with Gasteiger partial charge in [-0.05, 0) is 36.6 Å². The number of hydrogen-bond acceptors (Lipinski definition) is 1. The van der Waals surface area contributed by atoms with E-state index in [0.717, 1.165) is 24.2 Å². The van der Waals surface area contributed by atoms with E-state index in [9.17, 15) is 0 Å². The van der Waals surface area contributed by atoms with Crippen molar-refractivity contribution in [3.8, 4) is 11.1 Å². The van der Waals surface area contributed by atoms with Crippen LogP contribution in [0.25, 0.3) is 28.2 Å². The van der Waals surface area contributed by atoms with Gasteiger partial charge in [-0.25, -0.2) is 0 Å². The van der Waals surface area contributed by atoms with Crippen LogP contribution < -0.4 is 0 Å². The molecule has 0 aliphatic heterocycles. The molecule has 1 aliphatic carbocycles. The normalized spacial score (nSPS) is 13.7. The lowest BCUT2D eigenvalue weighted by atomic mass is 9.98. The van der Waals surface area contributed by atoms with Crippen molar-refractivity contribution in [2.45, 2.75) is 19.8 Å². The molecule has 20 heavy (non-hydrogen) atoms. The molecule has 0 radical (unpaired) electrons. The highest BCUT2D eigenvalue weighted by molar-refractivity contribution is 5.92. The Morgan fingerprint density at radius 1 is 1.00 bits per heavy atom. The zero-order chi connectivity index (χ0) is 13.5. The standard InChI is InChI=1S/C19H16O/c1-13-5-4-6-14(11-13)15-9-10-19-17(12-15)16-7-2-3-8-18(16)20-19/h2,4-7,9-12H,3,8H2,1H3. The van der Waals surface area contributed by atoms with Gasteiger partial charge in [0.15, 0.2) is 0 Å². The molecule has 0 saturated heterocycles. The SMILES string of the molecule is Cc1cccc(-c2ccc3oc4c(c3c2)C=CCC4)c1. The average Bonchev–Trinajstić information content (AvgIpc) is 2.85. The number of aryl methyl sites for hydroxylation is 2. The number of furan rings is 1. The molecule has 0 atom stereocenters. The van der Waals surface area contributed by atoms with Crippen LogP contribution in [0.2, 0.25) is 0 Å². The zero-order valence-electron chi connectivity index (χ0n) is 11.5. The van der Waals surface area contributed by atoms with Gasteiger partial charge in [-0.1, -0.05) is 48.0 Å². The molecule has 0 bridgehead atoms. The molecule has 98 valence electrons. The summed E-state index contributed by atoms with van der Waals surface area (Å²) in [6.45, 7) is 2.13. The van der Waals surface area contributed by atoms with Gasteiger partial charge in [0.2, 0.25) is 0 Å². The third kappa shape index (κ3) is 1.78. The van der Waals surface area contributed by atoms with Crippen LogP contribution in [-0.2, 0) is 6.42 Å². The maximum atomic E-state index is 5.95. The predicted molar refractivity (Wildman–Crippen MR) is 83.7 cm³/mol. The van der Waals surface area contributed by atoms with Crippen LogP contribution >= 0.6 is 0 Å². The molecule has 0 spiro atoms. The third-order valence-corrected chi connectivity index (χ3v) is 3.98. The fourth-order valence-electron chi connectivity index (χ4n) is 2.96. The Labute approximate surface area is 118 Å².